The summed E-state index contributed by atoms with van der Waals surface area (Å²) in [7, 11) is -9.04. The van der Waals surface area contributed by atoms with Crippen LogP contribution < -0.4 is 0 Å². The average molecular weight is 734 g/mol. The Labute approximate surface area is 273 Å². The fraction of sp³-hybridized carbons (Fsp3) is 0. The molecule has 0 bridgehead atoms. The molecular formula is C24H18Cu2N10O6S2. The molecule has 0 aliphatic rings. The number of hydrogen-bond donors (Lipinski definition) is 0. The van der Waals surface area contributed by atoms with Gasteiger partial charge in [-0.1, -0.05) is 36.4 Å². The molecule has 0 saturated heterocycles. The van der Waals surface area contributed by atoms with Crippen LogP contribution in [0.4, 0.5) is 11.4 Å². The van der Waals surface area contributed by atoms with Gasteiger partial charge in [-0.15, -0.1) is 0 Å². The van der Waals surface area contributed by atoms with Crippen molar-refractivity contribution in [3.63, 3.8) is 0 Å². The second kappa shape index (κ2) is 22.1. The third-order valence-corrected chi connectivity index (χ3v) is 6.08. The molecular weight excluding hydrogens is 716 g/mol. The Kier molecular flexibility index (Phi) is 21.0. The summed E-state index contributed by atoms with van der Waals surface area (Å²) in [4.78, 5) is 18.3. The van der Waals surface area contributed by atoms with Crippen LogP contribution in [0.15, 0.2) is 117 Å². The van der Waals surface area contributed by atoms with Crippen LogP contribution in [0.3, 0.4) is 0 Å². The second-order valence-electron chi connectivity index (χ2n) is 7.05. The van der Waals surface area contributed by atoms with Gasteiger partial charge in [0.1, 0.15) is 20.2 Å². The molecule has 234 valence electrons. The zero-order valence-electron chi connectivity index (χ0n) is 21.7. The summed E-state index contributed by atoms with van der Waals surface area (Å²) >= 11 is 0. The molecule has 44 heavy (non-hydrogen) atoms. The number of pyridine rings is 2. The molecule has 0 atom stereocenters. The van der Waals surface area contributed by atoms with Gasteiger partial charge in [-0.25, -0.2) is 16.8 Å². The van der Waals surface area contributed by atoms with Crippen LogP contribution in [0.1, 0.15) is 11.4 Å². The molecule has 0 spiro atoms. The van der Waals surface area contributed by atoms with Gasteiger partial charge in [0.15, 0.2) is 0 Å². The van der Waals surface area contributed by atoms with Gasteiger partial charge in [-0.3, -0.25) is 29.8 Å². The molecule has 0 N–H and O–H groups in total. The predicted octanol–water partition coefficient (Wildman–Crippen LogP) is 5.20. The Morgan fingerprint density at radius 3 is 1.14 bits per heavy atom. The predicted molar refractivity (Wildman–Crippen MR) is 152 cm³/mol. The van der Waals surface area contributed by atoms with Crippen molar-refractivity contribution >= 4 is 44.0 Å². The number of aliphatic imine (C=N–C) groups is 2. The van der Waals surface area contributed by atoms with Crippen LogP contribution >= 0.6 is 0 Å². The maximum atomic E-state index is 11.0. The van der Waals surface area contributed by atoms with Crippen molar-refractivity contribution < 1.29 is 60.1 Å². The molecule has 2 radical (unpaired) electrons. The van der Waals surface area contributed by atoms with E-state index < -0.39 is 20.2 Å². The summed E-state index contributed by atoms with van der Waals surface area (Å²) in [5.41, 5.74) is 28.4. The van der Waals surface area contributed by atoms with Crippen molar-refractivity contribution in [3.05, 3.63) is 141 Å². The van der Waals surface area contributed by atoms with E-state index in [1.807, 2.05) is 0 Å². The third-order valence-electron chi connectivity index (χ3n) is 4.32. The quantitative estimate of drug-likeness (QED) is 0.0632. The smallest absolute Gasteiger partial charge is 0.744 e. The number of hydrogen-bond acceptors (Lipinski definition) is 10. The first-order valence-corrected chi connectivity index (χ1v) is 13.8. The van der Waals surface area contributed by atoms with E-state index in [-0.39, 0.29) is 55.3 Å². The molecule has 2 aromatic heterocycles. The van der Waals surface area contributed by atoms with Gasteiger partial charge in [0.05, 0.1) is 45.0 Å². The maximum Gasteiger partial charge on any atom is 2.00 e. The molecule has 2 aromatic carbocycles. The minimum absolute atomic E-state index is 0. The molecule has 20 heteroatoms. The normalized spacial score (nSPS) is 10.0. The number of rotatable bonds is 6. The first-order valence-electron chi connectivity index (χ1n) is 10.9. The van der Waals surface area contributed by atoms with Crippen LogP contribution in [-0.2, 0) is 54.4 Å². The topological polar surface area (TPSA) is 282 Å². The molecule has 2 heterocycles. The summed E-state index contributed by atoms with van der Waals surface area (Å²) in [5.74, 6) is 0. The molecule has 0 amide bonds. The number of para-hydroxylation sites is 2. The molecule has 4 aromatic rings. The molecule has 0 aliphatic heterocycles. The van der Waals surface area contributed by atoms with E-state index in [1.54, 1.807) is 60.9 Å². The van der Waals surface area contributed by atoms with E-state index in [0.29, 0.717) is 11.4 Å². The second-order valence-corrected chi connectivity index (χ2v) is 9.74. The monoisotopic (exact) mass is 732 g/mol. The summed E-state index contributed by atoms with van der Waals surface area (Å²) in [6, 6.07) is 22.1. The van der Waals surface area contributed by atoms with E-state index in [9.17, 15) is 25.9 Å². The Morgan fingerprint density at radius 1 is 0.568 bits per heavy atom. The van der Waals surface area contributed by atoms with Gasteiger partial charge in [-0.2, -0.15) is 0 Å². The van der Waals surface area contributed by atoms with Gasteiger partial charge in [0, 0.05) is 12.4 Å². The van der Waals surface area contributed by atoms with Crippen molar-refractivity contribution in [1.29, 1.82) is 0 Å². The summed E-state index contributed by atoms with van der Waals surface area (Å²) in [5, 5.41) is 0. The van der Waals surface area contributed by atoms with E-state index in [1.165, 1.54) is 58.7 Å². The van der Waals surface area contributed by atoms with Crippen molar-refractivity contribution in [2.45, 2.75) is 9.79 Å². The minimum atomic E-state index is -4.52. The maximum absolute atomic E-state index is 11.0. The van der Waals surface area contributed by atoms with Crippen LogP contribution in [0, 0.1) is 0 Å². The number of nitrogens with zero attached hydrogens (tertiary/aromatic N) is 10. The molecule has 4 rings (SSSR count). The average Bonchev–Trinajstić information content (AvgIpc) is 2.97. The van der Waals surface area contributed by atoms with Crippen LogP contribution in [-0.4, -0.2) is 48.3 Å². The fourth-order valence-electron chi connectivity index (χ4n) is 2.73. The Bertz CT molecular complexity index is 1650. The van der Waals surface area contributed by atoms with Gasteiger partial charge in [0.25, 0.3) is 0 Å². The number of aromatic nitrogens is 2. The SMILES string of the molecule is O=S(=O)([O-])c1ccccc1N=Cc1ccccn1.O=S(=O)([O-])c1ccccc1N=Cc1ccccn1.[Cu+2].[Cu+2].[N-]=[N+]=[N-].[N-]=[N+]=[N-]. The zero-order valence-corrected chi connectivity index (χ0v) is 25.2. The van der Waals surface area contributed by atoms with Gasteiger partial charge >= 0.3 is 34.1 Å². The number of benzene rings is 2. The third kappa shape index (κ3) is 16.3. The van der Waals surface area contributed by atoms with Gasteiger partial charge < -0.3 is 31.2 Å². The molecule has 0 saturated carbocycles. The van der Waals surface area contributed by atoms with Gasteiger partial charge in [0.2, 0.25) is 0 Å². The Hall–Kier alpha value is -4.44. The summed E-state index contributed by atoms with van der Waals surface area (Å²) < 4.78 is 66.1. The molecule has 0 unspecified atom stereocenters. The van der Waals surface area contributed by atoms with E-state index >= 15 is 0 Å². The fourth-order valence-corrected chi connectivity index (χ4v) is 3.97. The van der Waals surface area contributed by atoms with Crippen molar-refractivity contribution in [3.8, 4) is 0 Å². The first-order chi connectivity index (χ1) is 20.0. The van der Waals surface area contributed by atoms with E-state index in [0.717, 1.165) is 0 Å². The largest absolute Gasteiger partial charge is 2.00 e. The van der Waals surface area contributed by atoms with E-state index in [4.69, 9.17) is 22.1 Å². The summed E-state index contributed by atoms with van der Waals surface area (Å²) in [6.45, 7) is 0. The van der Waals surface area contributed by atoms with Crippen molar-refractivity contribution in [1.82, 2.24) is 9.97 Å². The van der Waals surface area contributed by atoms with Crippen LogP contribution in [0.5, 0.6) is 0 Å². The van der Waals surface area contributed by atoms with Crippen molar-refractivity contribution in [2.24, 2.45) is 9.98 Å². The minimum Gasteiger partial charge on any atom is -0.744 e. The van der Waals surface area contributed by atoms with Crippen LogP contribution in [0.2, 0.25) is 0 Å². The molecule has 0 fully saturated rings. The first kappa shape index (κ1) is 41.7. The van der Waals surface area contributed by atoms with E-state index in [2.05, 4.69) is 20.0 Å². The molecule has 0 aliphatic carbocycles. The van der Waals surface area contributed by atoms with Crippen LogP contribution in [0.25, 0.3) is 31.9 Å². The summed E-state index contributed by atoms with van der Waals surface area (Å²) in [6.07, 6.45) is 6.00. The Morgan fingerprint density at radius 2 is 0.864 bits per heavy atom. The van der Waals surface area contributed by atoms with Gasteiger partial charge in [-0.05, 0) is 48.5 Å². The standard InChI is InChI=1S/2C12H10N2O3S.2Cu.2N3/c2*15-18(16,17)12-7-2-1-6-11(12)14-9-10-5-3-4-8-13-10;;;2*1-3-2/h2*1-9H,(H,15,16,17);;;;/q;;2*+2;2*-1/p-2. The Balaban J connectivity index is 0. The zero-order chi connectivity index (χ0) is 31.4. The molecule has 16 nitrogen and oxygen atoms in total. The van der Waals surface area contributed by atoms with Crippen molar-refractivity contribution in [2.75, 3.05) is 0 Å².